The van der Waals surface area contributed by atoms with Crippen LogP contribution in [0.3, 0.4) is 0 Å². The van der Waals surface area contributed by atoms with Crippen LogP contribution in [0.15, 0.2) is 24.3 Å². The van der Waals surface area contributed by atoms with Gasteiger partial charge < -0.3 is 5.73 Å². The van der Waals surface area contributed by atoms with E-state index in [1.807, 2.05) is 24.3 Å². The summed E-state index contributed by atoms with van der Waals surface area (Å²) < 4.78 is 0. The minimum absolute atomic E-state index is 0.194. The Morgan fingerprint density at radius 1 is 1.39 bits per heavy atom. The van der Waals surface area contributed by atoms with E-state index in [1.54, 1.807) is 0 Å². The van der Waals surface area contributed by atoms with Crippen LogP contribution in [0.2, 0.25) is 0 Å². The Labute approximate surface area is 109 Å². The zero-order valence-electron chi connectivity index (χ0n) is 11.2. The van der Waals surface area contributed by atoms with Crippen LogP contribution in [0.1, 0.15) is 42.1 Å². The number of carbonyl (C=O) groups is 1. The molecule has 2 N–H and O–H groups in total. The second-order valence-corrected chi connectivity index (χ2v) is 5.48. The van der Waals surface area contributed by atoms with Crippen molar-refractivity contribution in [2.45, 2.75) is 32.2 Å². The van der Waals surface area contributed by atoms with E-state index in [2.05, 4.69) is 18.7 Å². The largest absolute Gasteiger partial charge is 0.326 e. The fraction of sp³-hybridized carbons (Fsp3) is 0.533. The lowest BCUT2D eigenvalue weighted by atomic mass is 10.0. The SMILES string of the molecule is CC(C)c1ccc(C(=O)CN2CCC(N)C2)cc1. The van der Waals surface area contributed by atoms with Gasteiger partial charge >= 0.3 is 0 Å². The summed E-state index contributed by atoms with van der Waals surface area (Å²) in [5.41, 5.74) is 7.92. The van der Waals surface area contributed by atoms with E-state index in [1.165, 1.54) is 5.56 Å². The zero-order chi connectivity index (χ0) is 13.1. The van der Waals surface area contributed by atoms with E-state index in [-0.39, 0.29) is 11.8 Å². The van der Waals surface area contributed by atoms with Crippen LogP contribution in [0.25, 0.3) is 0 Å². The van der Waals surface area contributed by atoms with E-state index in [0.29, 0.717) is 12.5 Å². The molecular weight excluding hydrogens is 224 g/mol. The zero-order valence-corrected chi connectivity index (χ0v) is 11.2. The molecule has 1 aliphatic heterocycles. The normalized spacial score (nSPS) is 20.6. The van der Waals surface area contributed by atoms with Crippen molar-refractivity contribution in [3.05, 3.63) is 35.4 Å². The van der Waals surface area contributed by atoms with Gasteiger partial charge in [0.2, 0.25) is 0 Å². The highest BCUT2D eigenvalue weighted by molar-refractivity contribution is 5.97. The predicted octanol–water partition coefficient (Wildman–Crippen LogP) is 2.03. The van der Waals surface area contributed by atoms with E-state index in [0.717, 1.165) is 25.1 Å². The van der Waals surface area contributed by atoms with Gasteiger partial charge in [0.25, 0.3) is 0 Å². The van der Waals surface area contributed by atoms with Crippen molar-refractivity contribution in [1.29, 1.82) is 0 Å². The number of hydrogen-bond acceptors (Lipinski definition) is 3. The Kier molecular flexibility index (Phi) is 4.15. The van der Waals surface area contributed by atoms with Crippen molar-refractivity contribution < 1.29 is 4.79 Å². The second-order valence-electron chi connectivity index (χ2n) is 5.48. The molecule has 1 saturated heterocycles. The summed E-state index contributed by atoms with van der Waals surface area (Å²) in [6.07, 6.45) is 1.000. The lowest BCUT2D eigenvalue weighted by Gasteiger charge is -2.14. The van der Waals surface area contributed by atoms with Crippen LogP contribution in [-0.2, 0) is 0 Å². The Morgan fingerprint density at radius 2 is 2.06 bits per heavy atom. The third-order valence-electron chi connectivity index (χ3n) is 3.58. The van der Waals surface area contributed by atoms with Gasteiger partial charge in [-0.1, -0.05) is 38.1 Å². The van der Waals surface area contributed by atoms with Crippen molar-refractivity contribution >= 4 is 5.78 Å². The molecular formula is C15H22N2O. The minimum Gasteiger partial charge on any atom is -0.326 e. The van der Waals surface area contributed by atoms with E-state index >= 15 is 0 Å². The highest BCUT2D eigenvalue weighted by atomic mass is 16.1. The molecule has 0 radical (unpaired) electrons. The first kappa shape index (κ1) is 13.2. The van der Waals surface area contributed by atoms with Crippen LogP contribution in [0, 0.1) is 0 Å². The van der Waals surface area contributed by atoms with Gasteiger partial charge in [-0.05, 0) is 17.9 Å². The smallest absolute Gasteiger partial charge is 0.176 e. The summed E-state index contributed by atoms with van der Waals surface area (Å²) in [6.45, 7) is 6.59. The number of Topliss-reactive ketones (excluding diaryl/α,β-unsaturated/α-hetero) is 1. The molecule has 1 heterocycles. The first-order valence-corrected chi connectivity index (χ1v) is 6.67. The third-order valence-corrected chi connectivity index (χ3v) is 3.58. The molecule has 1 aromatic carbocycles. The van der Waals surface area contributed by atoms with Crippen LogP contribution in [0.4, 0.5) is 0 Å². The molecule has 0 spiro atoms. The molecule has 0 aromatic heterocycles. The highest BCUT2D eigenvalue weighted by Crippen LogP contribution is 2.15. The van der Waals surface area contributed by atoms with Crippen molar-refractivity contribution in [2.24, 2.45) is 5.73 Å². The molecule has 1 atom stereocenters. The molecule has 1 unspecified atom stereocenters. The second kappa shape index (κ2) is 5.63. The number of benzene rings is 1. The highest BCUT2D eigenvalue weighted by Gasteiger charge is 2.21. The molecule has 3 nitrogen and oxygen atoms in total. The van der Waals surface area contributed by atoms with Crippen molar-refractivity contribution in [1.82, 2.24) is 4.90 Å². The van der Waals surface area contributed by atoms with Gasteiger partial charge in [-0.15, -0.1) is 0 Å². The van der Waals surface area contributed by atoms with E-state index in [9.17, 15) is 4.79 Å². The standard InChI is InChI=1S/C15H22N2O/c1-11(2)12-3-5-13(6-4-12)15(18)10-17-8-7-14(16)9-17/h3-6,11,14H,7-10,16H2,1-2H3. The minimum atomic E-state index is 0.194. The van der Waals surface area contributed by atoms with Gasteiger partial charge in [0.15, 0.2) is 5.78 Å². The molecule has 0 aliphatic carbocycles. The summed E-state index contributed by atoms with van der Waals surface area (Å²) >= 11 is 0. The summed E-state index contributed by atoms with van der Waals surface area (Å²) in [6, 6.07) is 8.21. The summed E-state index contributed by atoms with van der Waals surface area (Å²) in [4.78, 5) is 14.2. The lowest BCUT2D eigenvalue weighted by Crippen LogP contribution is -2.31. The third kappa shape index (κ3) is 3.18. The summed E-state index contributed by atoms with van der Waals surface area (Å²) in [5.74, 6) is 0.699. The molecule has 0 saturated carbocycles. The van der Waals surface area contributed by atoms with E-state index < -0.39 is 0 Å². The fourth-order valence-electron chi connectivity index (χ4n) is 2.35. The molecule has 1 fully saturated rings. The molecule has 2 rings (SSSR count). The molecule has 0 amide bonds. The van der Waals surface area contributed by atoms with Crippen molar-refractivity contribution in [3.63, 3.8) is 0 Å². The van der Waals surface area contributed by atoms with Gasteiger partial charge in [0.05, 0.1) is 6.54 Å². The number of hydrogen-bond donors (Lipinski definition) is 1. The maximum Gasteiger partial charge on any atom is 0.176 e. The van der Waals surface area contributed by atoms with Crippen LogP contribution in [0.5, 0.6) is 0 Å². The quantitative estimate of drug-likeness (QED) is 0.827. The molecule has 1 aromatic rings. The van der Waals surface area contributed by atoms with Gasteiger partial charge in [-0.25, -0.2) is 0 Å². The van der Waals surface area contributed by atoms with Crippen LogP contribution < -0.4 is 5.73 Å². The Hall–Kier alpha value is -1.19. The Morgan fingerprint density at radius 3 is 2.56 bits per heavy atom. The number of likely N-dealkylation sites (tertiary alicyclic amines) is 1. The molecule has 0 bridgehead atoms. The fourth-order valence-corrected chi connectivity index (χ4v) is 2.35. The predicted molar refractivity (Wildman–Crippen MR) is 73.9 cm³/mol. The average molecular weight is 246 g/mol. The molecule has 18 heavy (non-hydrogen) atoms. The average Bonchev–Trinajstić information content (AvgIpc) is 2.75. The van der Waals surface area contributed by atoms with E-state index in [4.69, 9.17) is 5.73 Å². The van der Waals surface area contributed by atoms with Gasteiger partial charge in [0.1, 0.15) is 0 Å². The maximum absolute atomic E-state index is 12.1. The topological polar surface area (TPSA) is 46.3 Å². The Bertz CT molecular complexity index is 411. The number of nitrogens with zero attached hydrogens (tertiary/aromatic N) is 1. The van der Waals surface area contributed by atoms with Crippen LogP contribution >= 0.6 is 0 Å². The van der Waals surface area contributed by atoms with Gasteiger partial charge in [-0.2, -0.15) is 0 Å². The molecule has 98 valence electrons. The van der Waals surface area contributed by atoms with Crippen LogP contribution in [-0.4, -0.2) is 36.4 Å². The van der Waals surface area contributed by atoms with Crippen molar-refractivity contribution in [3.8, 4) is 0 Å². The molecule has 1 aliphatic rings. The lowest BCUT2D eigenvalue weighted by molar-refractivity contribution is 0.0945. The monoisotopic (exact) mass is 246 g/mol. The number of ketones is 1. The summed E-state index contributed by atoms with van der Waals surface area (Å²) in [5, 5.41) is 0. The number of rotatable bonds is 4. The van der Waals surface area contributed by atoms with Gasteiger partial charge in [-0.3, -0.25) is 9.69 Å². The Balaban J connectivity index is 1.96. The maximum atomic E-state index is 12.1. The number of nitrogens with two attached hydrogens (primary N) is 1. The van der Waals surface area contributed by atoms with Crippen molar-refractivity contribution in [2.75, 3.05) is 19.6 Å². The first-order chi connectivity index (χ1) is 8.56. The summed E-state index contributed by atoms with van der Waals surface area (Å²) in [7, 11) is 0. The van der Waals surface area contributed by atoms with Gasteiger partial charge in [0, 0.05) is 24.7 Å². The first-order valence-electron chi connectivity index (χ1n) is 6.67. The number of carbonyl (C=O) groups excluding carboxylic acids is 1. The molecule has 3 heteroatoms.